The molecule has 2 rings (SSSR count). The molecule has 0 amide bonds. The van der Waals surface area contributed by atoms with Crippen LogP contribution >= 0.6 is 11.6 Å². The lowest BCUT2D eigenvalue weighted by molar-refractivity contribution is 0.355. The summed E-state index contributed by atoms with van der Waals surface area (Å²) >= 11 is 6.13. The Kier molecular flexibility index (Phi) is 5.03. The number of allylic oxidation sites excluding steroid dienone is 1. The first kappa shape index (κ1) is 15.9. The fourth-order valence-corrected chi connectivity index (χ4v) is 2.33. The Morgan fingerprint density at radius 2 is 1.95 bits per heavy atom. The molecule has 22 heavy (non-hydrogen) atoms. The normalized spacial score (nSPS) is 11.0. The second-order valence-electron chi connectivity index (χ2n) is 4.39. The fourth-order valence-electron chi connectivity index (χ4n) is 2.04. The third-order valence-electron chi connectivity index (χ3n) is 3.05. The number of methoxy groups -OCH3 is 2. The van der Waals surface area contributed by atoms with Crippen LogP contribution < -0.4 is 9.47 Å². The third kappa shape index (κ3) is 3.21. The van der Waals surface area contributed by atoms with E-state index in [1.54, 1.807) is 36.4 Å². The zero-order valence-corrected chi connectivity index (χ0v) is 12.8. The maximum absolute atomic E-state index is 13.8. The highest BCUT2D eigenvalue weighted by atomic mass is 35.5. The minimum atomic E-state index is -0.457. The molecule has 0 aliphatic carbocycles. The smallest absolute Gasteiger partial charge is 0.179 e. The van der Waals surface area contributed by atoms with Crippen molar-refractivity contribution in [3.05, 3.63) is 58.4 Å². The van der Waals surface area contributed by atoms with E-state index < -0.39 is 5.82 Å². The van der Waals surface area contributed by atoms with Gasteiger partial charge in [0, 0.05) is 5.56 Å². The van der Waals surface area contributed by atoms with Gasteiger partial charge in [0.25, 0.3) is 0 Å². The molecule has 0 heterocycles. The van der Waals surface area contributed by atoms with Crippen molar-refractivity contribution in [2.45, 2.75) is 0 Å². The molecular formula is C17H13ClFNO2. The van der Waals surface area contributed by atoms with Gasteiger partial charge in [-0.25, -0.2) is 4.39 Å². The Balaban J connectivity index is 2.54. The minimum Gasteiger partial charge on any atom is -0.493 e. The van der Waals surface area contributed by atoms with Gasteiger partial charge < -0.3 is 9.47 Å². The second kappa shape index (κ2) is 6.97. The van der Waals surface area contributed by atoms with Crippen LogP contribution in [0.1, 0.15) is 11.1 Å². The Morgan fingerprint density at radius 1 is 1.23 bits per heavy atom. The summed E-state index contributed by atoms with van der Waals surface area (Å²) in [4.78, 5) is 0. The van der Waals surface area contributed by atoms with Crippen molar-refractivity contribution >= 4 is 23.3 Å². The van der Waals surface area contributed by atoms with Gasteiger partial charge in [-0.05, 0) is 29.8 Å². The third-order valence-corrected chi connectivity index (χ3v) is 3.33. The summed E-state index contributed by atoms with van der Waals surface area (Å²) in [5.74, 6) is 0.389. The summed E-state index contributed by atoms with van der Waals surface area (Å²) < 4.78 is 24.2. The molecule has 0 radical (unpaired) electrons. The topological polar surface area (TPSA) is 42.2 Å². The quantitative estimate of drug-likeness (QED) is 0.613. The number of hydrogen-bond acceptors (Lipinski definition) is 3. The van der Waals surface area contributed by atoms with Crippen LogP contribution in [-0.4, -0.2) is 14.2 Å². The van der Waals surface area contributed by atoms with E-state index in [1.165, 1.54) is 20.3 Å². The highest BCUT2D eigenvalue weighted by Crippen LogP contribution is 2.37. The Hall–Kier alpha value is -2.51. The molecule has 3 nitrogen and oxygen atoms in total. The summed E-state index contributed by atoms with van der Waals surface area (Å²) in [6.45, 7) is 0. The molecule has 0 saturated carbocycles. The molecular weight excluding hydrogens is 305 g/mol. The first-order valence-corrected chi connectivity index (χ1v) is 6.76. The maximum atomic E-state index is 13.8. The van der Waals surface area contributed by atoms with Crippen molar-refractivity contribution in [3.8, 4) is 17.6 Å². The number of rotatable bonds is 4. The zero-order valence-electron chi connectivity index (χ0n) is 12.1. The monoisotopic (exact) mass is 317 g/mol. The van der Waals surface area contributed by atoms with E-state index in [4.69, 9.17) is 21.1 Å². The molecule has 0 aliphatic rings. The number of ether oxygens (including phenoxy) is 2. The fraction of sp³-hybridized carbons (Fsp3) is 0.118. The van der Waals surface area contributed by atoms with Crippen LogP contribution in [0.3, 0.4) is 0 Å². The molecule has 0 N–H and O–H groups in total. The average molecular weight is 318 g/mol. The van der Waals surface area contributed by atoms with Gasteiger partial charge >= 0.3 is 0 Å². The number of benzene rings is 2. The molecule has 5 heteroatoms. The van der Waals surface area contributed by atoms with E-state index in [1.807, 2.05) is 6.07 Å². The van der Waals surface area contributed by atoms with Crippen molar-refractivity contribution in [3.63, 3.8) is 0 Å². The van der Waals surface area contributed by atoms with Gasteiger partial charge in [-0.1, -0.05) is 29.8 Å². The summed E-state index contributed by atoms with van der Waals surface area (Å²) in [6, 6.07) is 11.4. The molecule has 0 unspecified atom stereocenters. The highest BCUT2D eigenvalue weighted by Gasteiger charge is 2.12. The first-order chi connectivity index (χ1) is 10.6. The van der Waals surface area contributed by atoms with Crippen LogP contribution in [0.5, 0.6) is 11.5 Å². The minimum absolute atomic E-state index is 0.196. The van der Waals surface area contributed by atoms with Crippen molar-refractivity contribution in [2.24, 2.45) is 0 Å². The average Bonchev–Trinajstić information content (AvgIpc) is 2.52. The molecule has 0 saturated heterocycles. The molecule has 2 aromatic rings. The first-order valence-electron chi connectivity index (χ1n) is 6.39. The van der Waals surface area contributed by atoms with Crippen LogP contribution in [0, 0.1) is 17.1 Å². The molecule has 112 valence electrons. The van der Waals surface area contributed by atoms with E-state index in [9.17, 15) is 9.65 Å². The van der Waals surface area contributed by atoms with E-state index >= 15 is 0 Å². The van der Waals surface area contributed by atoms with Gasteiger partial charge in [0.2, 0.25) is 0 Å². The maximum Gasteiger partial charge on any atom is 0.179 e. The SMILES string of the molecule is COc1cc(/C=C(/C#N)c2ccccc2F)cc(Cl)c1OC. The van der Waals surface area contributed by atoms with Crippen LogP contribution in [0.4, 0.5) is 4.39 Å². The molecule has 0 atom stereocenters. The van der Waals surface area contributed by atoms with E-state index in [0.29, 0.717) is 22.1 Å². The Labute approximate surface area is 133 Å². The van der Waals surface area contributed by atoms with Crippen LogP contribution in [0.15, 0.2) is 36.4 Å². The lowest BCUT2D eigenvalue weighted by Gasteiger charge is -2.10. The molecule has 0 spiro atoms. The summed E-state index contributed by atoms with van der Waals surface area (Å²) in [5.41, 5.74) is 1.04. The van der Waals surface area contributed by atoms with E-state index in [-0.39, 0.29) is 11.1 Å². The number of nitriles is 1. The lowest BCUT2D eigenvalue weighted by atomic mass is 10.0. The largest absolute Gasteiger partial charge is 0.493 e. The van der Waals surface area contributed by atoms with Crippen molar-refractivity contribution in [2.75, 3.05) is 14.2 Å². The summed E-state index contributed by atoms with van der Waals surface area (Å²) in [6.07, 6.45) is 1.55. The van der Waals surface area contributed by atoms with Gasteiger partial charge in [-0.15, -0.1) is 0 Å². The predicted octanol–water partition coefficient (Wildman–Crippen LogP) is 4.56. The molecule has 0 aliphatic heterocycles. The number of nitrogens with zero attached hydrogens (tertiary/aromatic N) is 1. The lowest BCUT2D eigenvalue weighted by Crippen LogP contribution is -1.93. The van der Waals surface area contributed by atoms with E-state index in [0.717, 1.165) is 0 Å². The van der Waals surface area contributed by atoms with Crippen LogP contribution in [0.25, 0.3) is 11.6 Å². The van der Waals surface area contributed by atoms with Crippen molar-refractivity contribution in [1.82, 2.24) is 0 Å². The summed E-state index contributed by atoms with van der Waals surface area (Å²) in [5, 5.41) is 9.63. The van der Waals surface area contributed by atoms with E-state index in [2.05, 4.69) is 0 Å². The predicted molar refractivity (Wildman–Crippen MR) is 84.4 cm³/mol. The van der Waals surface area contributed by atoms with Crippen molar-refractivity contribution in [1.29, 1.82) is 5.26 Å². The number of hydrogen-bond donors (Lipinski definition) is 0. The molecule has 2 aromatic carbocycles. The summed E-state index contributed by atoms with van der Waals surface area (Å²) in [7, 11) is 2.98. The van der Waals surface area contributed by atoms with Gasteiger partial charge in [0.15, 0.2) is 11.5 Å². The Bertz CT molecular complexity index is 766. The standard InChI is InChI=1S/C17H13ClFNO2/c1-21-16-9-11(8-14(18)17(16)22-2)7-12(10-20)13-5-3-4-6-15(13)19/h3-9H,1-2H3/b12-7-. The van der Waals surface area contributed by atoms with Gasteiger partial charge in [-0.2, -0.15) is 5.26 Å². The van der Waals surface area contributed by atoms with Gasteiger partial charge in [-0.3, -0.25) is 0 Å². The van der Waals surface area contributed by atoms with Crippen molar-refractivity contribution < 1.29 is 13.9 Å². The Morgan fingerprint density at radius 3 is 2.55 bits per heavy atom. The molecule has 0 fully saturated rings. The van der Waals surface area contributed by atoms with Gasteiger partial charge in [0.05, 0.1) is 30.9 Å². The van der Waals surface area contributed by atoms with Crippen LogP contribution in [-0.2, 0) is 0 Å². The van der Waals surface area contributed by atoms with Gasteiger partial charge in [0.1, 0.15) is 5.82 Å². The molecule has 0 bridgehead atoms. The molecule has 0 aromatic heterocycles. The highest BCUT2D eigenvalue weighted by molar-refractivity contribution is 6.32. The zero-order chi connectivity index (χ0) is 16.1. The second-order valence-corrected chi connectivity index (χ2v) is 4.80. The van der Waals surface area contributed by atoms with Crippen LogP contribution in [0.2, 0.25) is 5.02 Å². The number of halogens is 2.